The molecule has 3 nitrogen and oxygen atoms in total. The first-order valence-corrected chi connectivity index (χ1v) is 9.29. The van der Waals surface area contributed by atoms with Crippen molar-refractivity contribution in [2.45, 2.75) is 0 Å². The molecule has 0 aliphatic rings. The molecule has 0 aliphatic carbocycles. The van der Waals surface area contributed by atoms with Gasteiger partial charge in [0, 0.05) is 35.3 Å². The second kappa shape index (κ2) is 9.52. The van der Waals surface area contributed by atoms with Crippen LogP contribution in [0.4, 0.5) is 0 Å². The molecular weight excluding hydrogens is 366 g/mol. The Morgan fingerprint density at radius 3 is 1.00 bits per heavy atom. The van der Waals surface area contributed by atoms with Crippen LogP contribution in [0, 0.1) is 35.5 Å². The van der Waals surface area contributed by atoms with E-state index in [1.54, 1.807) is 18.6 Å². The van der Waals surface area contributed by atoms with Gasteiger partial charge in [-0.2, -0.15) is 0 Å². The molecular formula is C27H15N3. The lowest BCUT2D eigenvalue weighted by Gasteiger charge is -1.97. The van der Waals surface area contributed by atoms with E-state index in [0.717, 1.165) is 16.7 Å². The molecule has 0 unspecified atom stereocenters. The average molecular weight is 381 g/mol. The van der Waals surface area contributed by atoms with Gasteiger partial charge in [-0.05, 0) is 72.4 Å². The zero-order chi connectivity index (χ0) is 20.4. The molecule has 0 saturated heterocycles. The molecule has 4 rings (SSSR count). The van der Waals surface area contributed by atoms with E-state index in [-0.39, 0.29) is 0 Å². The standard InChI is InChI=1S/C27H15N3/c1-4-16-28-25(7-1)13-10-22-19-23(11-14-26-8-2-5-17-29-26)21-24(20-22)12-15-27-9-3-6-18-30-27/h1-9,16-21H. The van der Waals surface area contributed by atoms with Gasteiger partial charge in [-0.1, -0.05) is 36.0 Å². The van der Waals surface area contributed by atoms with Gasteiger partial charge >= 0.3 is 0 Å². The van der Waals surface area contributed by atoms with E-state index in [2.05, 4.69) is 50.5 Å². The number of hydrogen-bond acceptors (Lipinski definition) is 3. The van der Waals surface area contributed by atoms with Crippen molar-refractivity contribution in [3.8, 4) is 35.5 Å². The summed E-state index contributed by atoms with van der Waals surface area (Å²) < 4.78 is 0. The highest BCUT2D eigenvalue weighted by Crippen LogP contribution is 2.09. The molecule has 0 amide bonds. The van der Waals surface area contributed by atoms with Crippen LogP contribution in [-0.4, -0.2) is 15.0 Å². The maximum absolute atomic E-state index is 4.24. The molecule has 3 aromatic heterocycles. The summed E-state index contributed by atoms with van der Waals surface area (Å²) in [7, 11) is 0. The fourth-order valence-corrected chi connectivity index (χ4v) is 2.56. The van der Waals surface area contributed by atoms with Crippen molar-refractivity contribution >= 4 is 0 Å². The molecule has 3 heterocycles. The molecule has 0 radical (unpaired) electrons. The van der Waals surface area contributed by atoms with E-state index in [0.29, 0.717) is 17.1 Å². The summed E-state index contributed by atoms with van der Waals surface area (Å²) in [5.74, 6) is 18.7. The molecule has 0 fully saturated rings. The normalized spacial score (nSPS) is 9.20. The summed E-state index contributed by atoms with van der Waals surface area (Å²) in [6.07, 6.45) is 5.17. The number of hydrogen-bond donors (Lipinski definition) is 0. The molecule has 4 aromatic rings. The maximum atomic E-state index is 4.24. The highest BCUT2D eigenvalue weighted by molar-refractivity contribution is 5.54. The average Bonchev–Trinajstić information content (AvgIpc) is 2.82. The Morgan fingerprint density at radius 1 is 0.400 bits per heavy atom. The van der Waals surface area contributed by atoms with Crippen LogP contribution in [0.3, 0.4) is 0 Å². The fourth-order valence-electron chi connectivity index (χ4n) is 2.56. The third-order valence-corrected chi connectivity index (χ3v) is 3.93. The highest BCUT2D eigenvalue weighted by Gasteiger charge is 1.98. The smallest absolute Gasteiger partial charge is 0.113 e. The fraction of sp³-hybridized carbons (Fsp3) is 0. The Hall–Kier alpha value is -4.65. The molecule has 0 spiro atoms. The number of nitrogens with zero attached hydrogens (tertiary/aromatic N) is 3. The zero-order valence-corrected chi connectivity index (χ0v) is 16.0. The predicted molar refractivity (Wildman–Crippen MR) is 117 cm³/mol. The highest BCUT2D eigenvalue weighted by atomic mass is 14.7. The van der Waals surface area contributed by atoms with Crippen molar-refractivity contribution < 1.29 is 0 Å². The Bertz CT molecular complexity index is 1140. The van der Waals surface area contributed by atoms with Crippen LogP contribution < -0.4 is 0 Å². The Labute approximate surface area is 175 Å². The molecule has 0 aliphatic heterocycles. The zero-order valence-electron chi connectivity index (χ0n) is 16.0. The third kappa shape index (κ3) is 5.43. The molecule has 0 atom stereocenters. The van der Waals surface area contributed by atoms with Crippen molar-refractivity contribution in [2.24, 2.45) is 0 Å². The van der Waals surface area contributed by atoms with Gasteiger partial charge in [0.15, 0.2) is 0 Å². The first kappa shape index (κ1) is 18.7. The van der Waals surface area contributed by atoms with Crippen molar-refractivity contribution in [2.75, 3.05) is 0 Å². The summed E-state index contributed by atoms with van der Waals surface area (Å²) >= 11 is 0. The van der Waals surface area contributed by atoms with Crippen LogP contribution in [-0.2, 0) is 0 Å². The number of pyridine rings is 3. The van der Waals surface area contributed by atoms with Crippen LogP contribution in [0.15, 0.2) is 91.4 Å². The van der Waals surface area contributed by atoms with Gasteiger partial charge in [0.05, 0.1) is 0 Å². The molecule has 1 aromatic carbocycles. The van der Waals surface area contributed by atoms with Crippen LogP contribution in [0.25, 0.3) is 0 Å². The SMILES string of the molecule is C(#Cc1ccccn1)c1cc(C#Cc2ccccn2)cc(C#Cc2ccccn2)c1. The first-order chi connectivity index (χ1) is 14.8. The summed E-state index contributed by atoms with van der Waals surface area (Å²) in [4.78, 5) is 12.7. The summed E-state index contributed by atoms with van der Waals surface area (Å²) in [6, 6.07) is 22.8. The van der Waals surface area contributed by atoms with Gasteiger partial charge in [0.1, 0.15) is 17.1 Å². The Morgan fingerprint density at radius 2 is 0.733 bits per heavy atom. The van der Waals surface area contributed by atoms with Crippen molar-refractivity contribution in [1.82, 2.24) is 15.0 Å². The van der Waals surface area contributed by atoms with Crippen LogP contribution in [0.5, 0.6) is 0 Å². The number of aromatic nitrogens is 3. The lowest BCUT2D eigenvalue weighted by atomic mass is 10.1. The lowest BCUT2D eigenvalue weighted by molar-refractivity contribution is 1.29. The topological polar surface area (TPSA) is 38.7 Å². The van der Waals surface area contributed by atoms with E-state index in [4.69, 9.17) is 0 Å². The molecule has 30 heavy (non-hydrogen) atoms. The molecule has 0 N–H and O–H groups in total. The monoisotopic (exact) mass is 381 g/mol. The van der Waals surface area contributed by atoms with Gasteiger partial charge in [0.25, 0.3) is 0 Å². The van der Waals surface area contributed by atoms with Crippen molar-refractivity contribution in [3.63, 3.8) is 0 Å². The molecule has 138 valence electrons. The first-order valence-electron chi connectivity index (χ1n) is 9.29. The van der Waals surface area contributed by atoms with Gasteiger partial charge in [-0.3, -0.25) is 0 Å². The lowest BCUT2D eigenvalue weighted by Crippen LogP contribution is -1.87. The third-order valence-electron chi connectivity index (χ3n) is 3.93. The molecule has 0 saturated carbocycles. The van der Waals surface area contributed by atoms with Crippen LogP contribution in [0.2, 0.25) is 0 Å². The quantitative estimate of drug-likeness (QED) is 0.431. The largest absolute Gasteiger partial charge is 0.248 e. The van der Waals surface area contributed by atoms with E-state index < -0.39 is 0 Å². The van der Waals surface area contributed by atoms with Gasteiger partial charge in [-0.15, -0.1) is 0 Å². The van der Waals surface area contributed by atoms with Gasteiger partial charge in [-0.25, -0.2) is 15.0 Å². The van der Waals surface area contributed by atoms with Crippen LogP contribution in [0.1, 0.15) is 33.8 Å². The Balaban J connectivity index is 1.71. The molecule has 3 heteroatoms. The maximum Gasteiger partial charge on any atom is 0.113 e. The van der Waals surface area contributed by atoms with Crippen molar-refractivity contribution in [3.05, 3.63) is 125 Å². The van der Waals surface area contributed by atoms with E-state index >= 15 is 0 Å². The number of benzene rings is 1. The minimum atomic E-state index is 0.712. The van der Waals surface area contributed by atoms with Gasteiger partial charge < -0.3 is 0 Å². The van der Waals surface area contributed by atoms with Crippen LogP contribution >= 0.6 is 0 Å². The van der Waals surface area contributed by atoms with Crippen molar-refractivity contribution in [1.29, 1.82) is 0 Å². The summed E-state index contributed by atoms with van der Waals surface area (Å²) in [6.45, 7) is 0. The summed E-state index contributed by atoms with van der Waals surface area (Å²) in [5, 5.41) is 0. The molecule has 0 bridgehead atoms. The van der Waals surface area contributed by atoms with Gasteiger partial charge in [0.2, 0.25) is 0 Å². The predicted octanol–water partition coefficient (Wildman–Crippen LogP) is 4.07. The minimum Gasteiger partial charge on any atom is -0.248 e. The van der Waals surface area contributed by atoms with E-state index in [9.17, 15) is 0 Å². The minimum absolute atomic E-state index is 0.712. The second-order valence-electron chi connectivity index (χ2n) is 6.19. The second-order valence-corrected chi connectivity index (χ2v) is 6.19. The van der Waals surface area contributed by atoms with E-state index in [1.807, 2.05) is 72.8 Å². The van der Waals surface area contributed by atoms with E-state index in [1.165, 1.54) is 0 Å². The summed E-state index contributed by atoms with van der Waals surface area (Å²) in [5.41, 5.74) is 4.59. The Kier molecular flexibility index (Phi) is 5.93. The number of rotatable bonds is 0.